The summed E-state index contributed by atoms with van der Waals surface area (Å²) in [6.07, 6.45) is 0. The Balaban J connectivity index is 2.28. The van der Waals surface area contributed by atoms with Crippen LogP contribution in [0.5, 0.6) is 0 Å². The quantitative estimate of drug-likeness (QED) is 0.382. The van der Waals surface area contributed by atoms with Gasteiger partial charge in [-0.3, -0.25) is 20.2 Å². The third-order valence-corrected chi connectivity index (χ3v) is 5.39. The molecule has 2 aromatic rings. The summed E-state index contributed by atoms with van der Waals surface area (Å²) < 4.78 is 0. The number of rotatable bonds is 5. The van der Waals surface area contributed by atoms with Crippen molar-refractivity contribution in [3.8, 4) is 0 Å². The van der Waals surface area contributed by atoms with Gasteiger partial charge in [0, 0.05) is 22.2 Å². The maximum Gasteiger partial charge on any atom is 0.285 e. The highest BCUT2D eigenvalue weighted by atomic mass is 35.5. The molecule has 0 aliphatic heterocycles. The summed E-state index contributed by atoms with van der Waals surface area (Å²) in [5.74, 6) is 0. The molecule has 0 fully saturated rings. The molecule has 0 saturated heterocycles. The van der Waals surface area contributed by atoms with Crippen molar-refractivity contribution in [3.63, 3.8) is 0 Å². The van der Waals surface area contributed by atoms with Crippen LogP contribution in [0.2, 0.25) is 10.0 Å². The minimum Gasteiger partial charge on any atom is -0.258 e. The van der Waals surface area contributed by atoms with Gasteiger partial charge in [0.05, 0.1) is 19.6 Å². The molecule has 2 aromatic carbocycles. The van der Waals surface area contributed by atoms with E-state index in [9.17, 15) is 20.2 Å². The van der Waals surface area contributed by atoms with Crippen LogP contribution in [0, 0.1) is 20.2 Å². The Hall–Kier alpha value is -1.48. The Labute approximate surface area is 142 Å². The van der Waals surface area contributed by atoms with E-state index < -0.39 is 9.85 Å². The van der Waals surface area contributed by atoms with Gasteiger partial charge in [-0.25, -0.2) is 0 Å². The van der Waals surface area contributed by atoms with Crippen molar-refractivity contribution in [3.05, 3.63) is 66.7 Å². The smallest absolute Gasteiger partial charge is 0.258 e. The summed E-state index contributed by atoms with van der Waals surface area (Å²) in [5, 5.41) is 22.5. The number of hydrogen-bond acceptors (Lipinski definition) is 6. The van der Waals surface area contributed by atoms with Crippen LogP contribution in [-0.4, -0.2) is 9.85 Å². The summed E-state index contributed by atoms with van der Waals surface area (Å²) in [5.41, 5.74) is -0.303. The number of nitro groups is 2. The van der Waals surface area contributed by atoms with Gasteiger partial charge in [0.1, 0.15) is 0 Å². The molecule has 6 nitrogen and oxygen atoms in total. The van der Waals surface area contributed by atoms with E-state index in [-0.39, 0.29) is 21.4 Å². The van der Waals surface area contributed by atoms with E-state index in [1.54, 1.807) is 0 Å². The molecule has 0 atom stereocenters. The van der Waals surface area contributed by atoms with Crippen molar-refractivity contribution < 1.29 is 9.85 Å². The predicted molar refractivity (Wildman–Crippen MR) is 87.9 cm³/mol. The first kappa shape index (κ1) is 16.9. The molecule has 0 heterocycles. The molecule has 0 radical (unpaired) electrons. The summed E-state index contributed by atoms with van der Waals surface area (Å²) in [7, 11) is 2.09. The minimum atomic E-state index is -0.551. The van der Waals surface area contributed by atoms with Crippen LogP contribution in [-0.2, 0) is 0 Å². The molecule has 0 spiro atoms. The molecular formula is C12H6Cl2N2O4S2. The highest BCUT2D eigenvalue weighted by Crippen LogP contribution is 2.45. The largest absolute Gasteiger partial charge is 0.285 e. The summed E-state index contributed by atoms with van der Waals surface area (Å²) in [6.45, 7) is 0. The lowest BCUT2D eigenvalue weighted by atomic mass is 10.3. The lowest BCUT2D eigenvalue weighted by Crippen LogP contribution is -1.91. The van der Waals surface area contributed by atoms with Gasteiger partial charge < -0.3 is 0 Å². The van der Waals surface area contributed by atoms with Gasteiger partial charge in [-0.15, -0.1) is 0 Å². The van der Waals surface area contributed by atoms with Gasteiger partial charge in [0.2, 0.25) is 0 Å². The summed E-state index contributed by atoms with van der Waals surface area (Å²) in [4.78, 5) is 21.6. The SMILES string of the molecule is O=[N+]([O-])c1cc(Cl)ccc1SSc1ccc(Cl)cc1[N+](=O)[O-]. The summed E-state index contributed by atoms with van der Waals surface area (Å²) >= 11 is 11.5. The highest BCUT2D eigenvalue weighted by molar-refractivity contribution is 8.76. The number of benzene rings is 2. The molecule has 2 rings (SSSR count). The molecule has 114 valence electrons. The zero-order valence-corrected chi connectivity index (χ0v) is 13.7. The van der Waals surface area contributed by atoms with E-state index in [0.29, 0.717) is 9.79 Å². The van der Waals surface area contributed by atoms with E-state index in [1.165, 1.54) is 36.4 Å². The highest BCUT2D eigenvalue weighted by Gasteiger charge is 2.19. The second-order valence-corrected chi connectivity index (χ2v) is 6.99. The van der Waals surface area contributed by atoms with Gasteiger partial charge >= 0.3 is 0 Å². The first-order valence-corrected chi connectivity index (χ1v) is 8.51. The fourth-order valence-electron chi connectivity index (χ4n) is 1.50. The standard InChI is InChI=1S/C12H6Cl2N2O4S2/c13-7-1-3-11(9(5-7)15(17)18)21-22-12-4-2-8(14)6-10(12)16(19)20/h1-6H. The predicted octanol–water partition coefficient (Wildman–Crippen LogP) is 5.61. The van der Waals surface area contributed by atoms with E-state index in [2.05, 4.69) is 0 Å². The lowest BCUT2D eigenvalue weighted by molar-refractivity contribution is -0.387. The van der Waals surface area contributed by atoms with Crippen molar-refractivity contribution in [2.24, 2.45) is 0 Å². The van der Waals surface area contributed by atoms with Crippen molar-refractivity contribution in [2.45, 2.75) is 9.79 Å². The first-order chi connectivity index (χ1) is 10.4. The number of halogens is 2. The normalized spacial score (nSPS) is 10.5. The monoisotopic (exact) mass is 376 g/mol. The van der Waals surface area contributed by atoms with Gasteiger partial charge in [-0.05, 0) is 45.9 Å². The molecule has 0 aliphatic carbocycles. The third-order valence-electron chi connectivity index (χ3n) is 2.46. The maximum absolute atomic E-state index is 11.0. The molecule has 0 unspecified atom stereocenters. The van der Waals surface area contributed by atoms with Crippen molar-refractivity contribution in [2.75, 3.05) is 0 Å². The Morgan fingerprint density at radius 1 is 0.773 bits per heavy atom. The molecular weight excluding hydrogens is 371 g/mol. The van der Waals surface area contributed by atoms with Gasteiger partial charge in [-0.2, -0.15) is 0 Å². The molecule has 10 heteroatoms. The molecule has 22 heavy (non-hydrogen) atoms. The zero-order valence-electron chi connectivity index (χ0n) is 10.6. The van der Waals surface area contributed by atoms with Gasteiger partial charge in [-0.1, -0.05) is 23.2 Å². The number of nitrogens with zero attached hydrogens (tertiary/aromatic N) is 2. The van der Waals surface area contributed by atoms with E-state index >= 15 is 0 Å². The molecule has 0 saturated carbocycles. The topological polar surface area (TPSA) is 86.3 Å². The third kappa shape index (κ3) is 4.04. The van der Waals surface area contributed by atoms with E-state index in [1.807, 2.05) is 0 Å². The first-order valence-electron chi connectivity index (χ1n) is 5.61. The molecule has 0 aromatic heterocycles. The van der Waals surface area contributed by atoms with Crippen LogP contribution >= 0.6 is 44.8 Å². The van der Waals surface area contributed by atoms with Gasteiger partial charge in [0.25, 0.3) is 11.4 Å². The molecule has 0 N–H and O–H groups in total. The Morgan fingerprint density at radius 2 is 1.14 bits per heavy atom. The number of nitro benzene ring substituents is 2. The van der Waals surface area contributed by atoms with Crippen LogP contribution in [0.3, 0.4) is 0 Å². The minimum absolute atomic E-state index is 0.151. The molecule has 0 aliphatic rings. The van der Waals surface area contributed by atoms with Crippen LogP contribution in [0.4, 0.5) is 11.4 Å². The van der Waals surface area contributed by atoms with Gasteiger partial charge in [0.15, 0.2) is 0 Å². The second kappa shape index (κ2) is 7.19. The van der Waals surface area contributed by atoms with Crippen LogP contribution < -0.4 is 0 Å². The number of hydrogen-bond donors (Lipinski definition) is 0. The van der Waals surface area contributed by atoms with Crippen molar-refractivity contribution >= 4 is 56.2 Å². The fourth-order valence-corrected chi connectivity index (χ4v) is 4.08. The van der Waals surface area contributed by atoms with E-state index in [0.717, 1.165) is 21.6 Å². The second-order valence-electron chi connectivity index (χ2n) is 3.90. The Bertz CT molecular complexity index is 694. The molecule has 0 bridgehead atoms. The lowest BCUT2D eigenvalue weighted by Gasteiger charge is -2.04. The summed E-state index contributed by atoms with van der Waals surface area (Å²) in [6, 6.07) is 8.52. The average Bonchev–Trinajstić information content (AvgIpc) is 2.46. The van der Waals surface area contributed by atoms with Crippen LogP contribution in [0.25, 0.3) is 0 Å². The average molecular weight is 377 g/mol. The Kier molecular flexibility index (Phi) is 5.52. The van der Waals surface area contributed by atoms with Crippen LogP contribution in [0.15, 0.2) is 46.2 Å². The fraction of sp³-hybridized carbons (Fsp3) is 0. The molecule has 0 amide bonds. The van der Waals surface area contributed by atoms with Crippen molar-refractivity contribution in [1.29, 1.82) is 0 Å². The van der Waals surface area contributed by atoms with E-state index in [4.69, 9.17) is 23.2 Å². The van der Waals surface area contributed by atoms with Crippen LogP contribution in [0.1, 0.15) is 0 Å². The van der Waals surface area contributed by atoms with Crippen molar-refractivity contribution in [1.82, 2.24) is 0 Å². The Morgan fingerprint density at radius 3 is 1.45 bits per heavy atom. The maximum atomic E-state index is 11.0. The zero-order chi connectivity index (χ0) is 16.3.